The summed E-state index contributed by atoms with van der Waals surface area (Å²) in [4.78, 5) is 5.72. The van der Waals surface area contributed by atoms with Crippen molar-refractivity contribution in [1.82, 2.24) is 4.98 Å². The molecule has 1 aromatic carbocycles. The summed E-state index contributed by atoms with van der Waals surface area (Å²) in [5, 5.41) is 4.48. The highest BCUT2D eigenvalue weighted by atomic mass is 79.9. The first-order chi connectivity index (χ1) is 7.86. The molecule has 3 heteroatoms. The van der Waals surface area contributed by atoms with Crippen molar-refractivity contribution in [2.45, 2.75) is 0 Å². The van der Waals surface area contributed by atoms with E-state index in [1.807, 2.05) is 18.3 Å². The van der Waals surface area contributed by atoms with Crippen LogP contribution in [0.4, 0.5) is 0 Å². The van der Waals surface area contributed by atoms with Gasteiger partial charge >= 0.3 is 0 Å². The minimum Gasteiger partial charge on any atom is -0.254 e. The summed E-state index contributed by atoms with van der Waals surface area (Å²) in [6.45, 7) is 0. The molecule has 0 unspecified atom stereocenters. The lowest BCUT2D eigenvalue weighted by molar-refractivity contribution is 1.36. The number of rotatable bonds is 1. The normalized spacial score (nSPS) is 10.8. The molecule has 0 bridgehead atoms. The van der Waals surface area contributed by atoms with Crippen molar-refractivity contribution in [1.29, 1.82) is 0 Å². The summed E-state index contributed by atoms with van der Waals surface area (Å²) in [5.74, 6) is 0. The smallest absolute Gasteiger partial charge is 0.0880 e. The van der Waals surface area contributed by atoms with Crippen LogP contribution >= 0.6 is 27.3 Å². The summed E-state index contributed by atoms with van der Waals surface area (Å²) in [6.07, 6.45) is 1.87. The van der Waals surface area contributed by atoms with Crippen LogP contribution in [0.3, 0.4) is 0 Å². The molecular weight excluding hydrogens is 282 g/mol. The molecule has 2 heterocycles. The predicted molar refractivity (Wildman–Crippen MR) is 72.8 cm³/mol. The lowest BCUT2D eigenvalue weighted by Gasteiger charge is -2.05. The third kappa shape index (κ3) is 1.56. The van der Waals surface area contributed by atoms with Crippen molar-refractivity contribution in [2.24, 2.45) is 0 Å². The van der Waals surface area contributed by atoms with E-state index < -0.39 is 0 Å². The number of nitrogens with zero attached hydrogens (tertiary/aromatic N) is 1. The molecule has 78 valence electrons. The molecule has 0 saturated carbocycles. The second-order valence-electron chi connectivity index (χ2n) is 3.48. The number of benzene rings is 1. The molecule has 0 amide bonds. The molecule has 0 spiro atoms. The van der Waals surface area contributed by atoms with Gasteiger partial charge in [-0.3, -0.25) is 4.98 Å². The van der Waals surface area contributed by atoms with Crippen LogP contribution in [-0.4, -0.2) is 4.98 Å². The number of thiophene rings is 1. The van der Waals surface area contributed by atoms with Gasteiger partial charge in [0.25, 0.3) is 0 Å². The Hall–Kier alpha value is -1.19. The highest BCUT2D eigenvalue weighted by molar-refractivity contribution is 9.10. The minimum absolute atomic E-state index is 1.04. The monoisotopic (exact) mass is 289 g/mol. The Balaban J connectivity index is 2.39. The van der Waals surface area contributed by atoms with Crippen molar-refractivity contribution in [3.63, 3.8) is 0 Å². The Labute approximate surface area is 106 Å². The molecule has 16 heavy (non-hydrogen) atoms. The van der Waals surface area contributed by atoms with Crippen molar-refractivity contribution in [3.8, 4) is 10.6 Å². The zero-order valence-electron chi connectivity index (χ0n) is 8.35. The molecule has 3 rings (SSSR count). The van der Waals surface area contributed by atoms with Crippen molar-refractivity contribution in [2.75, 3.05) is 0 Å². The third-order valence-electron chi connectivity index (χ3n) is 2.50. The number of aromatic nitrogens is 1. The third-order valence-corrected chi connectivity index (χ3v) is 4.01. The molecular formula is C13H8BrNS. The van der Waals surface area contributed by atoms with Gasteiger partial charge in [-0.2, -0.15) is 0 Å². The largest absolute Gasteiger partial charge is 0.254 e. The maximum absolute atomic E-state index is 4.51. The van der Waals surface area contributed by atoms with Gasteiger partial charge in [-0.25, -0.2) is 0 Å². The van der Waals surface area contributed by atoms with Crippen LogP contribution in [-0.2, 0) is 0 Å². The molecule has 0 N–H and O–H groups in total. The van der Waals surface area contributed by atoms with E-state index in [0.717, 1.165) is 10.2 Å². The molecule has 0 radical (unpaired) electrons. The fourth-order valence-corrected chi connectivity index (χ4v) is 2.95. The number of hydrogen-bond donors (Lipinski definition) is 0. The van der Waals surface area contributed by atoms with Crippen LogP contribution in [0.25, 0.3) is 21.3 Å². The van der Waals surface area contributed by atoms with Crippen molar-refractivity contribution in [3.05, 3.63) is 52.4 Å². The molecule has 2 aromatic heterocycles. The molecule has 0 atom stereocenters. The number of pyridine rings is 1. The van der Waals surface area contributed by atoms with Gasteiger partial charge in [-0.1, -0.05) is 30.3 Å². The Morgan fingerprint density at radius 1 is 1.00 bits per heavy atom. The van der Waals surface area contributed by atoms with E-state index in [-0.39, 0.29) is 0 Å². The first-order valence-electron chi connectivity index (χ1n) is 4.93. The van der Waals surface area contributed by atoms with Crippen LogP contribution in [0.5, 0.6) is 0 Å². The SMILES string of the molecule is Brc1cnc(-c2cccs2)c2ccccc12. The van der Waals surface area contributed by atoms with Crippen LogP contribution in [0, 0.1) is 0 Å². The van der Waals surface area contributed by atoms with Gasteiger partial charge in [0, 0.05) is 16.1 Å². The zero-order valence-corrected chi connectivity index (χ0v) is 10.8. The van der Waals surface area contributed by atoms with Gasteiger partial charge in [-0.05, 0) is 32.8 Å². The Kier molecular flexibility index (Phi) is 2.50. The van der Waals surface area contributed by atoms with E-state index in [2.05, 4.69) is 50.6 Å². The molecule has 0 fully saturated rings. The van der Waals surface area contributed by atoms with Crippen LogP contribution in [0.15, 0.2) is 52.4 Å². The van der Waals surface area contributed by atoms with Crippen LogP contribution in [0.1, 0.15) is 0 Å². The fourth-order valence-electron chi connectivity index (χ4n) is 1.77. The number of fused-ring (bicyclic) bond motifs is 1. The fraction of sp³-hybridized carbons (Fsp3) is 0. The lowest BCUT2D eigenvalue weighted by atomic mass is 10.1. The van der Waals surface area contributed by atoms with Gasteiger partial charge in [-0.15, -0.1) is 11.3 Å². The summed E-state index contributed by atoms with van der Waals surface area (Å²) in [5.41, 5.74) is 1.06. The summed E-state index contributed by atoms with van der Waals surface area (Å²) in [7, 11) is 0. The Morgan fingerprint density at radius 2 is 1.81 bits per heavy atom. The van der Waals surface area contributed by atoms with Crippen LogP contribution in [0.2, 0.25) is 0 Å². The molecule has 0 saturated heterocycles. The van der Waals surface area contributed by atoms with E-state index in [0.29, 0.717) is 0 Å². The van der Waals surface area contributed by atoms with Crippen LogP contribution < -0.4 is 0 Å². The molecule has 0 aliphatic heterocycles. The second kappa shape index (κ2) is 4.00. The average molecular weight is 290 g/mol. The average Bonchev–Trinajstić information content (AvgIpc) is 2.83. The quantitative estimate of drug-likeness (QED) is 0.631. The van der Waals surface area contributed by atoms with Gasteiger partial charge < -0.3 is 0 Å². The molecule has 1 nitrogen and oxygen atoms in total. The first-order valence-corrected chi connectivity index (χ1v) is 6.60. The minimum atomic E-state index is 1.04. The van der Waals surface area contributed by atoms with Crippen molar-refractivity contribution < 1.29 is 0 Å². The van der Waals surface area contributed by atoms with E-state index in [9.17, 15) is 0 Å². The standard InChI is InChI=1S/C13H8BrNS/c14-11-8-15-13(12-6-3-7-16-12)10-5-2-1-4-9(10)11/h1-8H. The van der Waals surface area contributed by atoms with Crippen molar-refractivity contribution >= 4 is 38.0 Å². The Bertz CT molecular complexity index is 631. The second-order valence-corrected chi connectivity index (χ2v) is 5.28. The number of halogens is 1. The highest BCUT2D eigenvalue weighted by Crippen LogP contribution is 2.32. The lowest BCUT2D eigenvalue weighted by Crippen LogP contribution is -1.84. The molecule has 0 aliphatic carbocycles. The maximum atomic E-state index is 4.51. The molecule has 3 aromatic rings. The summed E-state index contributed by atoms with van der Waals surface area (Å²) < 4.78 is 1.04. The zero-order chi connectivity index (χ0) is 11.0. The predicted octanol–water partition coefficient (Wildman–Crippen LogP) is 4.73. The van der Waals surface area contributed by atoms with E-state index in [1.165, 1.54) is 15.6 Å². The molecule has 0 aliphatic rings. The van der Waals surface area contributed by atoms with Gasteiger partial charge in [0.2, 0.25) is 0 Å². The van der Waals surface area contributed by atoms with Gasteiger partial charge in [0.05, 0.1) is 10.6 Å². The summed E-state index contributed by atoms with van der Waals surface area (Å²) in [6, 6.07) is 12.5. The van der Waals surface area contributed by atoms with E-state index in [1.54, 1.807) is 11.3 Å². The Morgan fingerprint density at radius 3 is 2.56 bits per heavy atom. The topological polar surface area (TPSA) is 12.9 Å². The van der Waals surface area contributed by atoms with E-state index >= 15 is 0 Å². The first kappa shape index (κ1) is 10.00. The highest BCUT2D eigenvalue weighted by Gasteiger charge is 2.07. The maximum Gasteiger partial charge on any atom is 0.0880 e. The van der Waals surface area contributed by atoms with Gasteiger partial charge in [0.1, 0.15) is 0 Å². The van der Waals surface area contributed by atoms with E-state index in [4.69, 9.17) is 0 Å². The number of hydrogen-bond acceptors (Lipinski definition) is 2. The van der Waals surface area contributed by atoms with Gasteiger partial charge in [0.15, 0.2) is 0 Å². The summed E-state index contributed by atoms with van der Waals surface area (Å²) >= 11 is 5.25.